The van der Waals surface area contributed by atoms with Crippen LogP contribution in [0.4, 0.5) is 5.69 Å². The van der Waals surface area contributed by atoms with Crippen molar-refractivity contribution in [3.8, 4) is 6.07 Å². The lowest BCUT2D eigenvalue weighted by Gasteiger charge is -2.07. The van der Waals surface area contributed by atoms with Gasteiger partial charge in [-0.2, -0.15) is 5.26 Å². The maximum atomic E-state index is 8.82. The van der Waals surface area contributed by atoms with Gasteiger partial charge in [0.2, 0.25) is 0 Å². The molecule has 0 unspecified atom stereocenters. The Labute approximate surface area is 122 Å². The van der Waals surface area contributed by atoms with E-state index in [9.17, 15) is 0 Å². The molecule has 0 amide bonds. The van der Waals surface area contributed by atoms with E-state index in [1.165, 1.54) is 0 Å². The molecule has 0 heterocycles. The number of halogens is 1. The number of rotatable bonds is 9. The average Bonchev–Trinajstić information content (AvgIpc) is 2.42. The van der Waals surface area contributed by atoms with E-state index in [0.29, 0.717) is 18.8 Å². The van der Waals surface area contributed by atoms with E-state index in [1.807, 2.05) is 12.1 Å². The third-order valence-corrected chi connectivity index (χ3v) is 3.22. The Bertz CT molecular complexity index is 418. The van der Waals surface area contributed by atoms with Crippen LogP contribution in [0.3, 0.4) is 0 Å². The van der Waals surface area contributed by atoms with Crippen LogP contribution in [0.25, 0.3) is 0 Å². The zero-order valence-corrected chi connectivity index (χ0v) is 12.7. The Kier molecular flexibility index (Phi) is 8.23. The number of anilines is 1. The second-order valence-electron chi connectivity index (χ2n) is 4.05. The van der Waals surface area contributed by atoms with E-state index >= 15 is 0 Å². The topological polar surface area (TPSA) is 54.3 Å². The van der Waals surface area contributed by atoms with Crippen molar-refractivity contribution >= 4 is 21.6 Å². The first-order valence-electron chi connectivity index (χ1n) is 6.28. The van der Waals surface area contributed by atoms with Crippen LogP contribution in [0.2, 0.25) is 0 Å². The quantitative estimate of drug-likeness (QED) is 0.708. The SMILES string of the molecule is COCCOCCCCNc1ccc(C#N)c(Br)c1. The summed E-state index contributed by atoms with van der Waals surface area (Å²) in [6.45, 7) is 2.97. The fourth-order valence-corrected chi connectivity index (χ4v) is 1.99. The van der Waals surface area contributed by atoms with Gasteiger partial charge in [-0.15, -0.1) is 0 Å². The van der Waals surface area contributed by atoms with Gasteiger partial charge >= 0.3 is 0 Å². The van der Waals surface area contributed by atoms with Crippen molar-refractivity contribution in [1.82, 2.24) is 0 Å². The van der Waals surface area contributed by atoms with E-state index in [4.69, 9.17) is 14.7 Å². The Morgan fingerprint density at radius 3 is 2.79 bits per heavy atom. The fourth-order valence-electron chi connectivity index (χ4n) is 1.52. The molecule has 5 heteroatoms. The van der Waals surface area contributed by atoms with Crippen LogP contribution in [0.1, 0.15) is 18.4 Å². The second-order valence-corrected chi connectivity index (χ2v) is 4.90. The highest BCUT2D eigenvalue weighted by atomic mass is 79.9. The first-order chi connectivity index (χ1) is 9.27. The molecule has 0 aliphatic rings. The standard InChI is InChI=1S/C14H19BrN2O2/c1-18-8-9-19-7-3-2-6-17-13-5-4-12(11-16)14(15)10-13/h4-5,10,17H,2-3,6-9H2,1H3. The third kappa shape index (κ3) is 6.58. The minimum absolute atomic E-state index is 0.650. The van der Waals surface area contributed by atoms with Gasteiger partial charge in [0, 0.05) is 30.4 Å². The zero-order valence-electron chi connectivity index (χ0n) is 11.1. The minimum Gasteiger partial charge on any atom is -0.385 e. The predicted octanol–water partition coefficient (Wildman–Crippen LogP) is 3.18. The number of benzene rings is 1. The maximum Gasteiger partial charge on any atom is 0.100 e. The summed E-state index contributed by atoms with van der Waals surface area (Å²) in [6, 6.07) is 7.77. The highest BCUT2D eigenvalue weighted by molar-refractivity contribution is 9.10. The number of hydrogen-bond donors (Lipinski definition) is 1. The van der Waals surface area contributed by atoms with Crippen molar-refractivity contribution in [1.29, 1.82) is 5.26 Å². The molecule has 0 aromatic heterocycles. The van der Waals surface area contributed by atoms with E-state index in [0.717, 1.165) is 36.2 Å². The molecule has 0 radical (unpaired) electrons. The Hall–Kier alpha value is -1.09. The number of nitrogens with one attached hydrogen (secondary N) is 1. The molecule has 0 saturated heterocycles. The lowest BCUT2D eigenvalue weighted by Crippen LogP contribution is -2.06. The molecule has 1 rings (SSSR count). The van der Waals surface area contributed by atoms with E-state index in [2.05, 4.69) is 27.3 Å². The summed E-state index contributed by atoms with van der Waals surface area (Å²) in [5.74, 6) is 0. The smallest absolute Gasteiger partial charge is 0.100 e. The van der Waals surface area contributed by atoms with Crippen molar-refractivity contribution in [2.24, 2.45) is 0 Å². The molecule has 1 aromatic rings. The van der Waals surface area contributed by atoms with Crippen LogP contribution in [0, 0.1) is 11.3 Å². The molecule has 0 spiro atoms. The van der Waals surface area contributed by atoms with E-state index in [1.54, 1.807) is 13.2 Å². The molecular weight excluding hydrogens is 308 g/mol. The number of methoxy groups -OCH3 is 1. The predicted molar refractivity (Wildman–Crippen MR) is 79.3 cm³/mol. The molecule has 19 heavy (non-hydrogen) atoms. The monoisotopic (exact) mass is 326 g/mol. The number of unbranched alkanes of at least 4 members (excludes halogenated alkanes) is 1. The summed E-state index contributed by atoms with van der Waals surface area (Å²) in [7, 11) is 1.67. The fraction of sp³-hybridized carbons (Fsp3) is 0.500. The van der Waals surface area contributed by atoms with Crippen molar-refractivity contribution in [2.75, 3.05) is 38.8 Å². The second kappa shape index (κ2) is 9.79. The normalized spacial score (nSPS) is 10.2. The third-order valence-electron chi connectivity index (χ3n) is 2.57. The molecule has 0 aliphatic carbocycles. The molecule has 0 aliphatic heterocycles. The number of nitriles is 1. The first kappa shape index (κ1) is 16.0. The molecule has 0 fully saturated rings. The summed E-state index contributed by atoms with van der Waals surface area (Å²) < 4.78 is 11.1. The van der Waals surface area contributed by atoms with Gasteiger partial charge in [-0.25, -0.2) is 0 Å². The summed E-state index contributed by atoms with van der Waals surface area (Å²) in [5, 5.41) is 12.1. The van der Waals surface area contributed by atoms with Crippen molar-refractivity contribution in [2.45, 2.75) is 12.8 Å². The van der Waals surface area contributed by atoms with Crippen molar-refractivity contribution < 1.29 is 9.47 Å². The maximum absolute atomic E-state index is 8.82. The summed E-state index contributed by atoms with van der Waals surface area (Å²) in [6.07, 6.45) is 2.07. The molecule has 0 bridgehead atoms. The van der Waals surface area contributed by atoms with Gasteiger partial charge in [0.05, 0.1) is 18.8 Å². The number of ether oxygens (including phenoxy) is 2. The molecule has 1 aromatic carbocycles. The highest BCUT2D eigenvalue weighted by Crippen LogP contribution is 2.20. The van der Waals surface area contributed by atoms with Gasteiger partial charge in [-0.05, 0) is 47.0 Å². The van der Waals surface area contributed by atoms with Gasteiger partial charge < -0.3 is 14.8 Å². The van der Waals surface area contributed by atoms with Crippen molar-refractivity contribution in [3.05, 3.63) is 28.2 Å². The summed E-state index contributed by atoms with van der Waals surface area (Å²) >= 11 is 3.37. The molecule has 4 nitrogen and oxygen atoms in total. The number of nitrogens with zero attached hydrogens (tertiary/aromatic N) is 1. The largest absolute Gasteiger partial charge is 0.385 e. The van der Waals surface area contributed by atoms with Crippen LogP contribution in [0.5, 0.6) is 0 Å². The van der Waals surface area contributed by atoms with Gasteiger partial charge in [0.15, 0.2) is 0 Å². The molecule has 1 N–H and O–H groups in total. The molecule has 104 valence electrons. The van der Waals surface area contributed by atoms with E-state index in [-0.39, 0.29) is 0 Å². The Balaban J connectivity index is 2.13. The minimum atomic E-state index is 0.650. The Morgan fingerprint density at radius 1 is 1.26 bits per heavy atom. The lowest BCUT2D eigenvalue weighted by molar-refractivity contribution is 0.0691. The van der Waals surface area contributed by atoms with Crippen LogP contribution in [0.15, 0.2) is 22.7 Å². The molecular formula is C14H19BrN2O2. The Morgan fingerprint density at radius 2 is 2.11 bits per heavy atom. The van der Waals surface area contributed by atoms with E-state index < -0.39 is 0 Å². The van der Waals surface area contributed by atoms with Crippen molar-refractivity contribution in [3.63, 3.8) is 0 Å². The van der Waals surface area contributed by atoms with Gasteiger partial charge in [-0.1, -0.05) is 0 Å². The number of hydrogen-bond acceptors (Lipinski definition) is 4. The average molecular weight is 327 g/mol. The molecule has 0 atom stereocenters. The lowest BCUT2D eigenvalue weighted by atomic mass is 10.2. The van der Waals surface area contributed by atoms with Gasteiger partial charge in [-0.3, -0.25) is 0 Å². The van der Waals surface area contributed by atoms with Gasteiger partial charge in [0.1, 0.15) is 6.07 Å². The molecule has 0 saturated carbocycles. The van der Waals surface area contributed by atoms with Crippen LogP contribution in [-0.4, -0.2) is 33.5 Å². The van der Waals surface area contributed by atoms with Crippen LogP contribution in [-0.2, 0) is 9.47 Å². The highest BCUT2D eigenvalue weighted by Gasteiger charge is 1.99. The first-order valence-corrected chi connectivity index (χ1v) is 7.07. The van der Waals surface area contributed by atoms with Crippen LogP contribution < -0.4 is 5.32 Å². The van der Waals surface area contributed by atoms with Crippen LogP contribution >= 0.6 is 15.9 Å². The zero-order chi connectivity index (χ0) is 13.9. The summed E-state index contributed by atoms with van der Waals surface area (Å²) in [4.78, 5) is 0. The summed E-state index contributed by atoms with van der Waals surface area (Å²) in [5.41, 5.74) is 1.67. The van der Waals surface area contributed by atoms with Gasteiger partial charge in [0.25, 0.3) is 0 Å².